The van der Waals surface area contributed by atoms with E-state index < -0.39 is 11.5 Å². The molecule has 0 atom stereocenters. The Bertz CT molecular complexity index is 750. The van der Waals surface area contributed by atoms with Crippen LogP contribution in [0.15, 0.2) is 29.1 Å². The minimum Gasteiger partial charge on any atom is -0.506 e. The van der Waals surface area contributed by atoms with Crippen molar-refractivity contribution in [3.8, 4) is 5.75 Å². The quantitative estimate of drug-likeness (QED) is 0.653. The highest BCUT2D eigenvalue weighted by atomic mass is 16.3. The van der Waals surface area contributed by atoms with Crippen LogP contribution in [-0.4, -0.2) is 42.8 Å². The van der Waals surface area contributed by atoms with Gasteiger partial charge in [0.25, 0.3) is 11.5 Å². The molecule has 3 N–H and O–H groups in total. The van der Waals surface area contributed by atoms with Gasteiger partial charge in [0, 0.05) is 25.4 Å². The summed E-state index contributed by atoms with van der Waals surface area (Å²) in [5, 5.41) is 13.5. The Labute approximate surface area is 129 Å². The second-order valence-electron chi connectivity index (χ2n) is 5.67. The number of aromatic nitrogens is 1. The Morgan fingerprint density at radius 3 is 2.68 bits per heavy atom. The predicted octanol–water partition coefficient (Wildman–Crippen LogP) is -0.491. The lowest BCUT2D eigenvalue weighted by atomic mass is 10.1. The van der Waals surface area contributed by atoms with E-state index in [4.69, 9.17) is 0 Å². The Morgan fingerprint density at radius 1 is 1.32 bits per heavy atom. The van der Waals surface area contributed by atoms with Crippen LogP contribution >= 0.6 is 0 Å². The van der Waals surface area contributed by atoms with Gasteiger partial charge in [0.1, 0.15) is 11.3 Å². The number of hydrogen-bond acceptors (Lipinski definition) is 3. The molecule has 22 heavy (non-hydrogen) atoms. The molecule has 1 aromatic carbocycles. The summed E-state index contributed by atoms with van der Waals surface area (Å²) >= 11 is 0. The van der Waals surface area contributed by atoms with Gasteiger partial charge < -0.3 is 19.9 Å². The van der Waals surface area contributed by atoms with Crippen LogP contribution in [0.1, 0.15) is 16.8 Å². The summed E-state index contributed by atoms with van der Waals surface area (Å²) < 4.78 is 1.38. The normalized spacial score (nSPS) is 11.1. The van der Waals surface area contributed by atoms with Gasteiger partial charge in [-0.05, 0) is 12.1 Å². The second kappa shape index (κ2) is 6.62. The zero-order valence-electron chi connectivity index (χ0n) is 13.1. The van der Waals surface area contributed by atoms with Crippen LogP contribution < -0.4 is 15.8 Å². The zero-order chi connectivity index (χ0) is 16.3. The van der Waals surface area contributed by atoms with Crippen molar-refractivity contribution in [1.82, 2.24) is 9.88 Å². The molecular weight excluding hydrogens is 282 g/mol. The van der Waals surface area contributed by atoms with Gasteiger partial charge in [0.15, 0.2) is 0 Å². The lowest BCUT2D eigenvalue weighted by molar-refractivity contribution is -0.858. The van der Waals surface area contributed by atoms with Crippen molar-refractivity contribution in [2.45, 2.75) is 6.42 Å². The third kappa shape index (κ3) is 3.12. The molecule has 0 saturated carbocycles. The highest BCUT2D eigenvalue weighted by Crippen LogP contribution is 2.25. The third-order valence-electron chi connectivity index (χ3n) is 3.64. The number of para-hydroxylation sites is 1. The SMILES string of the molecule is Cn1c(=O)c(C(=O)NCCC[NH+](C)C)c(O)c2ccccc21. The van der Waals surface area contributed by atoms with Crippen LogP contribution in [0.5, 0.6) is 5.75 Å². The molecule has 1 aromatic heterocycles. The molecule has 0 aliphatic heterocycles. The summed E-state index contributed by atoms with van der Waals surface area (Å²) in [5.74, 6) is -0.785. The summed E-state index contributed by atoms with van der Waals surface area (Å²) in [5.41, 5.74) is -0.0944. The highest BCUT2D eigenvalue weighted by molar-refractivity contribution is 6.02. The predicted molar refractivity (Wildman–Crippen MR) is 85.5 cm³/mol. The van der Waals surface area contributed by atoms with Gasteiger partial charge in [-0.15, -0.1) is 0 Å². The number of benzene rings is 1. The fourth-order valence-electron chi connectivity index (χ4n) is 2.42. The van der Waals surface area contributed by atoms with E-state index in [1.807, 2.05) is 14.1 Å². The summed E-state index contributed by atoms with van der Waals surface area (Å²) in [6.45, 7) is 1.39. The Kier molecular flexibility index (Phi) is 4.82. The number of amides is 1. The molecule has 0 fully saturated rings. The van der Waals surface area contributed by atoms with E-state index in [0.29, 0.717) is 17.4 Å². The van der Waals surface area contributed by atoms with E-state index in [9.17, 15) is 14.7 Å². The highest BCUT2D eigenvalue weighted by Gasteiger charge is 2.20. The first kappa shape index (κ1) is 16.0. The topological polar surface area (TPSA) is 75.8 Å². The maximum Gasteiger partial charge on any atom is 0.267 e. The average Bonchev–Trinajstić information content (AvgIpc) is 2.49. The number of quaternary nitrogens is 1. The van der Waals surface area contributed by atoms with Gasteiger partial charge in [-0.3, -0.25) is 9.59 Å². The minimum absolute atomic E-state index is 0.196. The van der Waals surface area contributed by atoms with Crippen LogP contribution in [0.2, 0.25) is 0 Å². The van der Waals surface area contributed by atoms with Crippen molar-refractivity contribution in [3.63, 3.8) is 0 Å². The van der Waals surface area contributed by atoms with E-state index in [-0.39, 0.29) is 11.3 Å². The Balaban J connectivity index is 2.31. The summed E-state index contributed by atoms with van der Waals surface area (Å²) in [7, 11) is 5.66. The molecule has 118 valence electrons. The van der Waals surface area contributed by atoms with Gasteiger partial charge in [-0.1, -0.05) is 12.1 Å². The first-order chi connectivity index (χ1) is 10.4. The molecule has 0 radical (unpaired) electrons. The van der Waals surface area contributed by atoms with E-state index in [1.165, 1.54) is 9.47 Å². The van der Waals surface area contributed by atoms with Gasteiger partial charge in [-0.25, -0.2) is 0 Å². The number of nitrogens with one attached hydrogen (secondary N) is 2. The molecule has 1 heterocycles. The standard InChI is InChI=1S/C16H21N3O3/c1-18(2)10-6-9-17-15(21)13-14(20)11-7-4-5-8-12(11)19(3)16(13)22/h4-5,7-8,20H,6,9-10H2,1-3H3,(H,17,21)/p+1. The molecule has 0 saturated heterocycles. The van der Waals surface area contributed by atoms with Crippen molar-refractivity contribution in [1.29, 1.82) is 0 Å². The number of carbonyl (C=O) groups is 1. The fraction of sp³-hybridized carbons (Fsp3) is 0.375. The molecule has 6 nitrogen and oxygen atoms in total. The number of rotatable bonds is 5. The monoisotopic (exact) mass is 304 g/mol. The second-order valence-corrected chi connectivity index (χ2v) is 5.67. The van der Waals surface area contributed by atoms with Gasteiger partial charge in [0.05, 0.1) is 26.2 Å². The Morgan fingerprint density at radius 2 is 2.00 bits per heavy atom. The number of carbonyl (C=O) groups excluding carboxylic acids is 1. The van der Waals surface area contributed by atoms with Crippen LogP contribution in [0, 0.1) is 0 Å². The lowest BCUT2D eigenvalue weighted by Gasteiger charge is -2.12. The number of fused-ring (bicyclic) bond motifs is 1. The largest absolute Gasteiger partial charge is 0.506 e. The van der Waals surface area contributed by atoms with Crippen molar-refractivity contribution < 1.29 is 14.8 Å². The lowest BCUT2D eigenvalue weighted by Crippen LogP contribution is -3.05. The third-order valence-corrected chi connectivity index (χ3v) is 3.64. The molecule has 6 heteroatoms. The minimum atomic E-state index is -0.530. The Hall–Kier alpha value is -2.34. The first-order valence-corrected chi connectivity index (χ1v) is 7.31. The zero-order valence-corrected chi connectivity index (χ0v) is 13.1. The van der Waals surface area contributed by atoms with Crippen LogP contribution in [-0.2, 0) is 7.05 Å². The number of hydrogen-bond donors (Lipinski definition) is 3. The average molecular weight is 304 g/mol. The molecule has 0 spiro atoms. The molecule has 0 aliphatic carbocycles. The molecule has 1 amide bonds. The smallest absolute Gasteiger partial charge is 0.267 e. The van der Waals surface area contributed by atoms with Gasteiger partial charge >= 0.3 is 0 Å². The van der Waals surface area contributed by atoms with Gasteiger partial charge in [0.2, 0.25) is 0 Å². The summed E-state index contributed by atoms with van der Waals surface area (Å²) in [4.78, 5) is 25.9. The van der Waals surface area contributed by atoms with Crippen LogP contribution in [0.3, 0.4) is 0 Å². The number of pyridine rings is 1. The maximum atomic E-state index is 12.3. The van der Waals surface area contributed by atoms with E-state index in [1.54, 1.807) is 31.3 Å². The molecule has 0 aliphatic rings. The van der Waals surface area contributed by atoms with Crippen molar-refractivity contribution in [2.75, 3.05) is 27.2 Å². The van der Waals surface area contributed by atoms with Crippen LogP contribution in [0.25, 0.3) is 10.9 Å². The molecule has 0 unspecified atom stereocenters. The number of aromatic hydroxyl groups is 1. The summed E-state index contributed by atoms with van der Waals surface area (Å²) in [6.07, 6.45) is 0.808. The van der Waals surface area contributed by atoms with E-state index in [0.717, 1.165) is 13.0 Å². The molecule has 0 bridgehead atoms. The molecular formula is C16H22N3O3+. The molecule has 2 aromatic rings. The van der Waals surface area contributed by atoms with Crippen LogP contribution in [0.4, 0.5) is 0 Å². The fourth-order valence-corrected chi connectivity index (χ4v) is 2.42. The van der Waals surface area contributed by atoms with Crippen molar-refractivity contribution in [2.24, 2.45) is 7.05 Å². The van der Waals surface area contributed by atoms with Gasteiger partial charge in [-0.2, -0.15) is 0 Å². The first-order valence-electron chi connectivity index (χ1n) is 7.31. The number of aryl methyl sites for hydroxylation is 1. The van der Waals surface area contributed by atoms with E-state index in [2.05, 4.69) is 5.32 Å². The van der Waals surface area contributed by atoms with Crippen molar-refractivity contribution >= 4 is 16.8 Å². The maximum absolute atomic E-state index is 12.3. The van der Waals surface area contributed by atoms with Crippen molar-refractivity contribution in [3.05, 3.63) is 40.2 Å². The molecule has 2 rings (SSSR count). The summed E-state index contributed by atoms with van der Waals surface area (Å²) in [6, 6.07) is 6.97. The van der Waals surface area contributed by atoms with E-state index >= 15 is 0 Å². The number of nitrogens with zero attached hydrogens (tertiary/aromatic N) is 1.